The van der Waals surface area contributed by atoms with Gasteiger partial charge < -0.3 is 14.4 Å². The minimum absolute atomic E-state index is 0.0384. The summed E-state index contributed by atoms with van der Waals surface area (Å²) in [6.45, 7) is 4.73. The number of halogens is 1. The summed E-state index contributed by atoms with van der Waals surface area (Å²) in [6.07, 6.45) is 2.70. The van der Waals surface area contributed by atoms with Gasteiger partial charge in [0.15, 0.2) is 5.78 Å². The summed E-state index contributed by atoms with van der Waals surface area (Å²) in [7, 11) is 0. The van der Waals surface area contributed by atoms with E-state index in [0.29, 0.717) is 48.7 Å². The number of hydrogen-bond acceptors (Lipinski definition) is 4. The molecule has 0 aliphatic carbocycles. The van der Waals surface area contributed by atoms with Gasteiger partial charge in [0.05, 0.1) is 12.0 Å². The molecule has 1 fully saturated rings. The van der Waals surface area contributed by atoms with Crippen molar-refractivity contribution in [2.45, 2.75) is 24.9 Å². The lowest BCUT2D eigenvalue weighted by molar-refractivity contribution is -0.00810. The van der Waals surface area contributed by atoms with Gasteiger partial charge in [-0.2, -0.15) is 0 Å². The van der Waals surface area contributed by atoms with Crippen molar-refractivity contribution in [3.63, 3.8) is 0 Å². The van der Waals surface area contributed by atoms with Crippen molar-refractivity contribution >= 4 is 23.5 Å². The van der Waals surface area contributed by atoms with E-state index < -0.39 is 5.60 Å². The minimum Gasteiger partial charge on any atom is -0.486 e. The molecule has 0 radical (unpaired) electrons. The zero-order valence-electron chi connectivity index (χ0n) is 12.7. The predicted molar refractivity (Wildman–Crippen MR) is 86.1 cm³/mol. The average Bonchev–Trinajstić information content (AvgIpc) is 2.54. The van der Waals surface area contributed by atoms with Crippen LogP contribution in [0.25, 0.3) is 0 Å². The molecule has 5 nitrogen and oxygen atoms in total. The summed E-state index contributed by atoms with van der Waals surface area (Å²) in [4.78, 5) is 25.9. The summed E-state index contributed by atoms with van der Waals surface area (Å²) < 4.78 is 11.2. The number of Topliss-reactive ketones (excluding diaryl/α,β-unsaturated/α-hetero) is 1. The highest BCUT2D eigenvalue weighted by Gasteiger charge is 2.43. The molecule has 0 N–H and O–H groups in total. The van der Waals surface area contributed by atoms with Crippen LogP contribution in [0.2, 0.25) is 5.02 Å². The molecule has 2 heterocycles. The molecule has 6 heteroatoms. The van der Waals surface area contributed by atoms with Crippen molar-refractivity contribution in [2.75, 3.05) is 19.7 Å². The van der Waals surface area contributed by atoms with Crippen LogP contribution in [0.3, 0.4) is 0 Å². The normalized spacial score (nSPS) is 19.0. The van der Waals surface area contributed by atoms with Gasteiger partial charge in [-0.1, -0.05) is 24.3 Å². The van der Waals surface area contributed by atoms with Crippen LogP contribution in [0.1, 0.15) is 29.6 Å². The second-order valence-electron chi connectivity index (χ2n) is 5.88. The molecule has 1 aromatic rings. The van der Waals surface area contributed by atoms with Gasteiger partial charge in [0.25, 0.3) is 0 Å². The Morgan fingerprint density at radius 2 is 2.17 bits per heavy atom. The molecule has 1 amide bonds. The first-order valence-corrected chi connectivity index (χ1v) is 7.95. The second-order valence-corrected chi connectivity index (χ2v) is 6.31. The van der Waals surface area contributed by atoms with E-state index in [2.05, 4.69) is 6.58 Å². The minimum atomic E-state index is -0.535. The van der Waals surface area contributed by atoms with Gasteiger partial charge >= 0.3 is 6.09 Å². The average molecular weight is 336 g/mol. The highest BCUT2D eigenvalue weighted by molar-refractivity contribution is 6.31. The standard InChI is InChI=1S/C17H18ClNO4/c1-2-9-22-16(21)19-7-5-17(6-8-19)11-14(20)13-10-12(18)3-4-15(13)23-17/h2-4,10H,1,5-9,11H2. The van der Waals surface area contributed by atoms with Gasteiger partial charge in [-0.3, -0.25) is 4.79 Å². The van der Waals surface area contributed by atoms with E-state index in [1.54, 1.807) is 23.1 Å². The molecular formula is C17H18ClNO4. The van der Waals surface area contributed by atoms with E-state index in [9.17, 15) is 9.59 Å². The first-order valence-electron chi connectivity index (χ1n) is 7.57. The van der Waals surface area contributed by atoms with E-state index in [1.807, 2.05) is 0 Å². The number of ketones is 1. The summed E-state index contributed by atoms with van der Waals surface area (Å²) >= 11 is 5.94. The Balaban J connectivity index is 1.69. The van der Waals surface area contributed by atoms with Crippen molar-refractivity contribution < 1.29 is 19.1 Å². The number of rotatable bonds is 2. The number of carbonyl (C=O) groups is 2. The quantitative estimate of drug-likeness (QED) is 0.777. The molecule has 2 aliphatic heterocycles. The molecule has 0 bridgehead atoms. The Morgan fingerprint density at radius 3 is 2.87 bits per heavy atom. The maximum absolute atomic E-state index is 12.4. The first kappa shape index (κ1) is 15.9. The van der Waals surface area contributed by atoms with Crippen LogP contribution in [0, 0.1) is 0 Å². The molecule has 2 aliphatic rings. The fraction of sp³-hybridized carbons (Fsp3) is 0.412. The van der Waals surface area contributed by atoms with Crippen molar-refractivity contribution in [3.05, 3.63) is 41.4 Å². The van der Waals surface area contributed by atoms with Crippen molar-refractivity contribution in [1.82, 2.24) is 4.90 Å². The predicted octanol–water partition coefficient (Wildman–Crippen LogP) is 3.46. The Labute approximate surface area is 139 Å². The Bertz CT molecular complexity index is 650. The summed E-state index contributed by atoms with van der Waals surface area (Å²) in [6, 6.07) is 5.10. The molecule has 1 saturated heterocycles. The van der Waals surface area contributed by atoms with Crippen LogP contribution >= 0.6 is 11.6 Å². The lowest BCUT2D eigenvalue weighted by Gasteiger charge is -2.43. The lowest BCUT2D eigenvalue weighted by Crippen LogP contribution is -2.52. The molecular weight excluding hydrogens is 318 g/mol. The topological polar surface area (TPSA) is 55.8 Å². The second kappa shape index (κ2) is 6.24. The lowest BCUT2D eigenvalue weighted by atomic mass is 9.82. The van der Waals surface area contributed by atoms with Gasteiger partial charge in [0.1, 0.15) is 18.0 Å². The molecule has 1 spiro atoms. The number of nitrogens with zero attached hydrogens (tertiary/aromatic N) is 1. The number of fused-ring (bicyclic) bond motifs is 1. The van der Waals surface area contributed by atoms with Crippen LogP contribution in [-0.2, 0) is 4.74 Å². The van der Waals surface area contributed by atoms with Crippen molar-refractivity contribution in [3.8, 4) is 5.75 Å². The number of amides is 1. The summed E-state index contributed by atoms with van der Waals surface area (Å²) in [5, 5.41) is 0.524. The number of ether oxygens (including phenoxy) is 2. The maximum Gasteiger partial charge on any atom is 0.410 e. The number of piperidine rings is 1. The van der Waals surface area contributed by atoms with Crippen LogP contribution in [-0.4, -0.2) is 42.1 Å². The molecule has 3 rings (SSSR count). The van der Waals surface area contributed by atoms with Crippen molar-refractivity contribution in [2.24, 2.45) is 0 Å². The van der Waals surface area contributed by atoms with Crippen LogP contribution in [0.5, 0.6) is 5.75 Å². The molecule has 0 unspecified atom stereocenters. The summed E-state index contributed by atoms with van der Waals surface area (Å²) in [5.74, 6) is 0.616. The molecule has 23 heavy (non-hydrogen) atoms. The molecule has 0 aromatic heterocycles. The third-order valence-electron chi connectivity index (χ3n) is 4.31. The van der Waals surface area contributed by atoms with Crippen LogP contribution in [0.4, 0.5) is 4.79 Å². The van der Waals surface area contributed by atoms with Crippen LogP contribution in [0.15, 0.2) is 30.9 Å². The Kier molecular flexibility index (Phi) is 4.31. The Morgan fingerprint density at radius 1 is 1.43 bits per heavy atom. The first-order chi connectivity index (χ1) is 11.0. The maximum atomic E-state index is 12.4. The van der Waals surface area contributed by atoms with E-state index in [-0.39, 0.29) is 18.5 Å². The zero-order chi connectivity index (χ0) is 16.4. The van der Waals surface area contributed by atoms with E-state index in [1.165, 1.54) is 6.08 Å². The smallest absolute Gasteiger partial charge is 0.410 e. The number of hydrogen-bond donors (Lipinski definition) is 0. The number of carbonyl (C=O) groups excluding carboxylic acids is 2. The fourth-order valence-electron chi connectivity index (χ4n) is 3.06. The van der Waals surface area contributed by atoms with Gasteiger partial charge in [-0.15, -0.1) is 0 Å². The fourth-order valence-corrected chi connectivity index (χ4v) is 3.24. The molecule has 0 atom stereocenters. The Hall–Kier alpha value is -2.01. The van der Waals surface area contributed by atoms with Crippen molar-refractivity contribution in [1.29, 1.82) is 0 Å². The number of benzene rings is 1. The SMILES string of the molecule is C=CCOC(=O)N1CCC2(CC1)CC(=O)c1cc(Cl)ccc1O2. The van der Waals surface area contributed by atoms with E-state index in [4.69, 9.17) is 21.1 Å². The third-order valence-corrected chi connectivity index (χ3v) is 4.54. The largest absolute Gasteiger partial charge is 0.486 e. The van der Waals surface area contributed by atoms with Gasteiger partial charge in [-0.05, 0) is 18.2 Å². The highest BCUT2D eigenvalue weighted by atomic mass is 35.5. The summed E-state index contributed by atoms with van der Waals surface area (Å²) in [5.41, 5.74) is 0.00332. The molecule has 122 valence electrons. The molecule has 0 saturated carbocycles. The van der Waals surface area contributed by atoms with E-state index in [0.717, 1.165) is 0 Å². The zero-order valence-corrected chi connectivity index (χ0v) is 13.5. The van der Waals surface area contributed by atoms with Gasteiger partial charge in [0, 0.05) is 31.0 Å². The third kappa shape index (κ3) is 3.20. The van der Waals surface area contributed by atoms with Gasteiger partial charge in [-0.25, -0.2) is 4.79 Å². The van der Waals surface area contributed by atoms with Crippen LogP contribution < -0.4 is 4.74 Å². The number of likely N-dealkylation sites (tertiary alicyclic amines) is 1. The monoisotopic (exact) mass is 335 g/mol. The highest BCUT2D eigenvalue weighted by Crippen LogP contribution is 2.40. The molecule has 1 aromatic carbocycles. The van der Waals surface area contributed by atoms with Gasteiger partial charge in [0.2, 0.25) is 0 Å². The van der Waals surface area contributed by atoms with E-state index >= 15 is 0 Å².